The van der Waals surface area contributed by atoms with Gasteiger partial charge in [-0.1, -0.05) is 30.3 Å². The fourth-order valence-corrected chi connectivity index (χ4v) is 1.69. The van der Waals surface area contributed by atoms with E-state index in [1.807, 2.05) is 51.1 Å². The maximum Gasteiger partial charge on any atom is 0.408 e. The second kappa shape index (κ2) is 7.14. The second-order valence-corrected chi connectivity index (χ2v) is 5.39. The number of nitrogens with one attached hydrogen (secondary N) is 1. The number of amides is 1. The van der Waals surface area contributed by atoms with Gasteiger partial charge in [0.15, 0.2) is 0 Å². The van der Waals surface area contributed by atoms with Crippen LogP contribution >= 0.6 is 0 Å². The highest BCUT2D eigenvalue weighted by molar-refractivity contribution is 5.68. The Morgan fingerprint density at radius 3 is 2.42 bits per heavy atom. The van der Waals surface area contributed by atoms with Crippen LogP contribution in [0.15, 0.2) is 30.3 Å². The third-order valence-corrected chi connectivity index (χ3v) is 2.50. The summed E-state index contributed by atoms with van der Waals surface area (Å²) in [6, 6.07) is 9.72. The van der Waals surface area contributed by atoms with Gasteiger partial charge in [-0.3, -0.25) is 0 Å². The van der Waals surface area contributed by atoms with Gasteiger partial charge in [-0.25, -0.2) is 4.79 Å². The Hall–Kier alpha value is -1.55. The van der Waals surface area contributed by atoms with Crippen LogP contribution in [-0.4, -0.2) is 25.4 Å². The lowest BCUT2D eigenvalue weighted by atomic mass is 10.0. The Morgan fingerprint density at radius 2 is 1.89 bits per heavy atom. The van der Waals surface area contributed by atoms with Crippen LogP contribution in [-0.2, 0) is 9.47 Å². The van der Waals surface area contributed by atoms with Gasteiger partial charge in [0.25, 0.3) is 0 Å². The van der Waals surface area contributed by atoms with Crippen molar-refractivity contribution in [1.29, 1.82) is 0 Å². The van der Waals surface area contributed by atoms with Gasteiger partial charge in [-0.05, 0) is 32.8 Å². The van der Waals surface area contributed by atoms with Gasteiger partial charge in [-0.2, -0.15) is 0 Å². The van der Waals surface area contributed by atoms with Crippen LogP contribution in [0.1, 0.15) is 38.8 Å². The normalized spacial score (nSPS) is 12.8. The topological polar surface area (TPSA) is 47.6 Å². The van der Waals surface area contributed by atoms with E-state index in [1.165, 1.54) is 0 Å². The molecule has 19 heavy (non-hydrogen) atoms. The molecule has 0 fully saturated rings. The quantitative estimate of drug-likeness (QED) is 0.888. The highest BCUT2D eigenvalue weighted by atomic mass is 16.6. The maximum atomic E-state index is 11.8. The van der Waals surface area contributed by atoms with E-state index in [1.54, 1.807) is 7.11 Å². The second-order valence-electron chi connectivity index (χ2n) is 5.39. The van der Waals surface area contributed by atoms with Gasteiger partial charge in [0.1, 0.15) is 5.60 Å². The van der Waals surface area contributed by atoms with Crippen molar-refractivity contribution in [1.82, 2.24) is 5.32 Å². The lowest BCUT2D eigenvalue weighted by molar-refractivity contribution is 0.0492. The molecule has 1 aromatic carbocycles. The van der Waals surface area contributed by atoms with Crippen molar-refractivity contribution in [2.24, 2.45) is 0 Å². The summed E-state index contributed by atoms with van der Waals surface area (Å²) in [7, 11) is 1.65. The highest BCUT2D eigenvalue weighted by Crippen LogP contribution is 2.17. The molecule has 0 radical (unpaired) electrons. The largest absolute Gasteiger partial charge is 0.444 e. The molecule has 0 heterocycles. The zero-order valence-electron chi connectivity index (χ0n) is 12.1. The number of methoxy groups -OCH3 is 1. The molecule has 0 saturated heterocycles. The molecule has 1 amide bonds. The molecule has 1 atom stereocenters. The highest BCUT2D eigenvalue weighted by Gasteiger charge is 2.20. The minimum atomic E-state index is -0.493. The van der Waals surface area contributed by atoms with Gasteiger partial charge < -0.3 is 14.8 Å². The predicted molar refractivity (Wildman–Crippen MR) is 75.0 cm³/mol. The summed E-state index contributed by atoms with van der Waals surface area (Å²) in [5.74, 6) is 0. The van der Waals surface area contributed by atoms with Gasteiger partial charge in [0.05, 0.1) is 6.04 Å². The van der Waals surface area contributed by atoms with Crippen molar-refractivity contribution in [3.8, 4) is 0 Å². The van der Waals surface area contributed by atoms with Crippen LogP contribution in [0, 0.1) is 0 Å². The minimum absolute atomic E-state index is 0.101. The van der Waals surface area contributed by atoms with Gasteiger partial charge in [-0.15, -0.1) is 0 Å². The Morgan fingerprint density at radius 1 is 1.26 bits per heavy atom. The monoisotopic (exact) mass is 265 g/mol. The van der Waals surface area contributed by atoms with Crippen LogP contribution in [0.25, 0.3) is 0 Å². The molecule has 0 bridgehead atoms. The van der Waals surface area contributed by atoms with Crippen molar-refractivity contribution in [2.75, 3.05) is 13.7 Å². The van der Waals surface area contributed by atoms with Crippen LogP contribution < -0.4 is 5.32 Å². The zero-order valence-corrected chi connectivity index (χ0v) is 12.1. The minimum Gasteiger partial charge on any atom is -0.444 e. The first-order chi connectivity index (χ1) is 8.92. The van der Waals surface area contributed by atoms with E-state index in [0.29, 0.717) is 13.0 Å². The lowest BCUT2D eigenvalue weighted by Gasteiger charge is -2.23. The fraction of sp³-hybridized carbons (Fsp3) is 0.533. The van der Waals surface area contributed by atoms with Crippen molar-refractivity contribution in [2.45, 2.75) is 38.8 Å². The number of ether oxygens (including phenoxy) is 2. The summed E-state index contributed by atoms with van der Waals surface area (Å²) >= 11 is 0. The number of benzene rings is 1. The summed E-state index contributed by atoms with van der Waals surface area (Å²) in [5.41, 5.74) is 0.553. The molecule has 0 aliphatic heterocycles. The van der Waals surface area contributed by atoms with Crippen molar-refractivity contribution in [3.63, 3.8) is 0 Å². The zero-order chi connectivity index (χ0) is 14.3. The van der Waals surface area contributed by atoms with E-state index in [-0.39, 0.29) is 6.04 Å². The van der Waals surface area contributed by atoms with Crippen LogP contribution in [0.2, 0.25) is 0 Å². The third kappa shape index (κ3) is 6.25. The molecular weight excluding hydrogens is 242 g/mol. The first-order valence-electron chi connectivity index (χ1n) is 6.46. The molecule has 1 aromatic rings. The van der Waals surface area contributed by atoms with Crippen LogP contribution in [0.4, 0.5) is 4.79 Å². The Labute approximate surface area is 115 Å². The van der Waals surface area contributed by atoms with Crippen LogP contribution in [0.3, 0.4) is 0 Å². The van der Waals surface area contributed by atoms with E-state index >= 15 is 0 Å². The summed E-state index contributed by atoms with van der Waals surface area (Å²) in [4.78, 5) is 11.8. The summed E-state index contributed by atoms with van der Waals surface area (Å²) in [5, 5.41) is 2.88. The van der Waals surface area contributed by atoms with Gasteiger partial charge in [0.2, 0.25) is 0 Å². The molecule has 106 valence electrons. The smallest absolute Gasteiger partial charge is 0.408 e. The number of rotatable bonds is 5. The van der Waals surface area contributed by atoms with Crippen LogP contribution in [0.5, 0.6) is 0 Å². The van der Waals surface area contributed by atoms with E-state index in [2.05, 4.69) is 5.32 Å². The van der Waals surface area contributed by atoms with Crippen molar-refractivity contribution in [3.05, 3.63) is 35.9 Å². The van der Waals surface area contributed by atoms with Gasteiger partial charge in [0, 0.05) is 13.7 Å². The van der Waals surface area contributed by atoms with E-state index in [0.717, 1.165) is 5.56 Å². The lowest BCUT2D eigenvalue weighted by Crippen LogP contribution is -2.35. The molecule has 4 nitrogen and oxygen atoms in total. The molecule has 0 saturated carbocycles. The first-order valence-corrected chi connectivity index (χ1v) is 6.46. The number of carbonyl (C=O) groups is 1. The molecule has 0 aliphatic carbocycles. The number of hydrogen-bond donors (Lipinski definition) is 1. The average Bonchev–Trinajstić information content (AvgIpc) is 2.33. The Balaban J connectivity index is 2.67. The number of alkyl carbamates (subject to hydrolysis) is 1. The molecule has 1 N–H and O–H groups in total. The molecule has 0 aliphatic rings. The molecule has 0 aromatic heterocycles. The number of hydrogen-bond acceptors (Lipinski definition) is 3. The van der Waals surface area contributed by atoms with E-state index < -0.39 is 11.7 Å². The molecule has 1 unspecified atom stereocenters. The summed E-state index contributed by atoms with van der Waals surface area (Å²) in [6.45, 7) is 6.12. The summed E-state index contributed by atoms with van der Waals surface area (Å²) in [6.07, 6.45) is 0.303. The third-order valence-electron chi connectivity index (χ3n) is 2.50. The van der Waals surface area contributed by atoms with Crippen molar-refractivity contribution >= 4 is 6.09 Å². The Bertz CT molecular complexity index is 384. The molecule has 1 rings (SSSR count). The summed E-state index contributed by atoms with van der Waals surface area (Å²) < 4.78 is 10.4. The van der Waals surface area contributed by atoms with Crippen molar-refractivity contribution < 1.29 is 14.3 Å². The molecule has 4 heteroatoms. The van der Waals surface area contributed by atoms with E-state index in [4.69, 9.17) is 9.47 Å². The average molecular weight is 265 g/mol. The first kappa shape index (κ1) is 15.5. The van der Waals surface area contributed by atoms with Gasteiger partial charge >= 0.3 is 6.09 Å². The molecular formula is C15H23NO3. The molecule has 0 spiro atoms. The fourth-order valence-electron chi connectivity index (χ4n) is 1.69. The van der Waals surface area contributed by atoms with E-state index in [9.17, 15) is 4.79 Å². The predicted octanol–water partition coefficient (Wildman–Crippen LogP) is 3.29. The number of carbonyl (C=O) groups excluding carboxylic acids is 1. The Kier molecular flexibility index (Phi) is 5.83. The standard InChI is InChI=1S/C15H23NO3/c1-15(2,3)19-14(17)16-13(10-11-18-4)12-8-6-5-7-9-12/h5-9,13H,10-11H2,1-4H3,(H,16,17). The maximum absolute atomic E-state index is 11.8. The SMILES string of the molecule is COCCC(NC(=O)OC(C)(C)C)c1ccccc1.